The third-order valence-corrected chi connectivity index (χ3v) is 5.57. The third kappa shape index (κ3) is 4.08. The number of amides is 1. The summed E-state index contributed by atoms with van der Waals surface area (Å²) in [6.45, 7) is 0.240. The van der Waals surface area contributed by atoms with Gasteiger partial charge in [-0.2, -0.15) is 4.31 Å². The van der Waals surface area contributed by atoms with E-state index < -0.39 is 21.8 Å². The molecule has 0 bridgehead atoms. The molecule has 0 aromatic carbocycles. The molecular formula is C14H19FN4O4S. The second-order valence-electron chi connectivity index (χ2n) is 5.34. The Bertz CT molecular complexity index is 721. The number of carbonyl (C=O) groups excluding carboxylic acids is 1. The molecule has 1 aliphatic rings. The molecule has 1 atom stereocenters. The van der Waals surface area contributed by atoms with Crippen LogP contribution in [0.15, 0.2) is 35.1 Å². The first-order valence-corrected chi connectivity index (χ1v) is 8.69. The summed E-state index contributed by atoms with van der Waals surface area (Å²) in [5.74, 6) is -0.832. The van der Waals surface area contributed by atoms with E-state index in [1.807, 2.05) is 0 Å². The first-order chi connectivity index (χ1) is 11.4. The van der Waals surface area contributed by atoms with E-state index in [0.29, 0.717) is 12.8 Å². The zero-order chi connectivity index (χ0) is 17.7. The molecule has 1 saturated heterocycles. The summed E-state index contributed by atoms with van der Waals surface area (Å²) in [7, 11) is -3.75. The van der Waals surface area contributed by atoms with Crippen LogP contribution in [0.3, 0.4) is 0 Å². The number of sulfonamides is 1. The number of primary amides is 1. The van der Waals surface area contributed by atoms with Gasteiger partial charge in [-0.1, -0.05) is 0 Å². The molecule has 0 radical (unpaired) electrons. The van der Waals surface area contributed by atoms with Crippen LogP contribution in [0.1, 0.15) is 6.42 Å². The average molecular weight is 358 g/mol. The van der Waals surface area contributed by atoms with Gasteiger partial charge in [-0.05, 0) is 12.5 Å². The lowest BCUT2D eigenvalue weighted by Crippen LogP contribution is -2.31. The Morgan fingerprint density at radius 2 is 2.25 bits per heavy atom. The molecule has 10 heteroatoms. The molecule has 24 heavy (non-hydrogen) atoms. The number of aromatic nitrogens is 1. The van der Waals surface area contributed by atoms with Crippen LogP contribution in [-0.2, 0) is 14.8 Å². The van der Waals surface area contributed by atoms with Crippen molar-refractivity contribution < 1.29 is 22.3 Å². The average Bonchev–Trinajstić information content (AvgIpc) is 3.07. The second kappa shape index (κ2) is 7.69. The lowest BCUT2D eigenvalue weighted by atomic mass is 10.1. The smallest absolute Gasteiger partial charge is 0.244 e. The van der Waals surface area contributed by atoms with E-state index in [0.717, 1.165) is 6.20 Å². The minimum atomic E-state index is -3.75. The fourth-order valence-corrected chi connectivity index (χ4v) is 3.68. The molecule has 8 nitrogen and oxygen atoms in total. The van der Waals surface area contributed by atoms with Crippen molar-refractivity contribution in [2.24, 2.45) is 17.4 Å². The van der Waals surface area contributed by atoms with Crippen LogP contribution in [0, 0.1) is 5.92 Å². The quantitative estimate of drug-likeness (QED) is 0.693. The monoisotopic (exact) mass is 358 g/mol. The number of nitrogens with two attached hydrogens (primary N) is 2. The van der Waals surface area contributed by atoms with Gasteiger partial charge in [-0.25, -0.2) is 17.8 Å². The highest BCUT2D eigenvalue weighted by Crippen LogP contribution is 2.24. The van der Waals surface area contributed by atoms with E-state index in [9.17, 15) is 17.6 Å². The van der Waals surface area contributed by atoms with Gasteiger partial charge in [0, 0.05) is 31.3 Å². The normalized spacial score (nSPS) is 19.4. The molecule has 4 N–H and O–H groups in total. The Labute approximate surface area is 139 Å². The zero-order valence-electron chi connectivity index (χ0n) is 12.9. The van der Waals surface area contributed by atoms with Crippen molar-refractivity contribution in [1.82, 2.24) is 9.29 Å². The van der Waals surface area contributed by atoms with E-state index >= 15 is 0 Å². The van der Waals surface area contributed by atoms with E-state index in [-0.39, 0.29) is 42.6 Å². The summed E-state index contributed by atoms with van der Waals surface area (Å²) in [4.78, 5) is 15.1. The minimum absolute atomic E-state index is 0.0128. The zero-order valence-corrected chi connectivity index (χ0v) is 13.7. The van der Waals surface area contributed by atoms with E-state index in [1.165, 1.54) is 16.4 Å². The number of carbonyl (C=O) groups is 1. The molecule has 0 saturated carbocycles. The van der Waals surface area contributed by atoms with E-state index in [1.54, 1.807) is 0 Å². The summed E-state index contributed by atoms with van der Waals surface area (Å²) < 4.78 is 43.8. The Kier molecular flexibility index (Phi) is 5.86. The van der Waals surface area contributed by atoms with Crippen LogP contribution in [0.4, 0.5) is 4.39 Å². The second-order valence-corrected chi connectivity index (χ2v) is 7.28. The molecule has 132 valence electrons. The topological polar surface area (TPSA) is 129 Å². The molecule has 0 unspecified atom stereocenters. The number of hydrogen-bond acceptors (Lipinski definition) is 6. The number of nitrogens with zero attached hydrogens (tertiary/aromatic N) is 2. The summed E-state index contributed by atoms with van der Waals surface area (Å²) in [6, 6.07) is 2.72. The number of halogens is 1. The maximum absolute atomic E-state index is 12.5. The molecular weight excluding hydrogens is 339 g/mol. The van der Waals surface area contributed by atoms with Gasteiger partial charge in [0.25, 0.3) is 0 Å². The highest BCUT2D eigenvalue weighted by Gasteiger charge is 2.35. The van der Waals surface area contributed by atoms with Gasteiger partial charge in [-0.15, -0.1) is 0 Å². The highest BCUT2D eigenvalue weighted by molar-refractivity contribution is 7.89. The maximum atomic E-state index is 12.5. The van der Waals surface area contributed by atoms with Crippen LogP contribution in [-0.4, -0.2) is 49.9 Å². The van der Waals surface area contributed by atoms with Crippen molar-refractivity contribution in [3.05, 3.63) is 30.2 Å². The van der Waals surface area contributed by atoms with E-state index in [4.69, 9.17) is 16.2 Å². The number of ether oxygens (including phenoxy) is 1. The summed E-state index contributed by atoms with van der Waals surface area (Å²) in [5.41, 5.74) is 10.8. The fraction of sp³-hybridized carbons (Fsp3) is 0.429. The molecule has 1 aliphatic heterocycles. The number of hydrogen-bond donors (Lipinski definition) is 2. The molecule has 1 fully saturated rings. The SMILES string of the molecule is NCC(=CF)COc1ccc(S(=O)(=O)N2CC[C@@H](C(N)=O)C2)cn1. The Morgan fingerprint density at radius 3 is 2.75 bits per heavy atom. The molecule has 0 spiro atoms. The largest absolute Gasteiger partial charge is 0.473 e. The fourth-order valence-electron chi connectivity index (χ4n) is 2.23. The van der Waals surface area contributed by atoms with Crippen molar-refractivity contribution in [3.63, 3.8) is 0 Å². The van der Waals surface area contributed by atoms with Gasteiger partial charge in [0.1, 0.15) is 11.5 Å². The van der Waals surface area contributed by atoms with Crippen molar-refractivity contribution in [2.45, 2.75) is 11.3 Å². The molecule has 2 heterocycles. The van der Waals surface area contributed by atoms with Crippen LogP contribution < -0.4 is 16.2 Å². The lowest BCUT2D eigenvalue weighted by molar-refractivity contribution is -0.121. The number of rotatable bonds is 7. The summed E-state index contributed by atoms with van der Waals surface area (Å²) >= 11 is 0. The van der Waals surface area contributed by atoms with Gasteiger partial charge in [0.15, 0.2) is 0 Å². The molecule has 0 aliphatic carbocycles. The Balaban J connectivity index is 2.05. The Hall–Kier alpha value is -2.04. The van der Waals surface area contributed by atoms with E-state index in [2.05, 4.69) is 4.98 Å². The van der Waals surface area contributed by atoms with Crippen molar-refractivity contribution in [2.75, 3.05) is 26.2 Å². The Morgan fingerprint density at radius 1 is 1.50 bits per heavy atom. The first kappa shape index (κ1) is 18.3. The van der Waals surface area contributed by atoms with Crippen LogP contribution in [0.25, 0.3) is 0 Å². The third-order valence-electron chi connectivity index (χ3n) is 3.72. The van der Waals surface area contributed by atoms with Gasteiger partial charge in [0.05, 0.1) is 18.4 Å². The summed E-state index contributed by atoms with van der Waals surface area (Å²) in [5, 5.41) is 0. The van der Waals surface area contributed by atoms with Crippen LogP contribution in [0.2, 0.25) is 0 Å². The lowest BCUT2D eigenvalue weighted by Gasteiger charge is -2.16. The molecule has 1 amide bonds. The predicted molar refractivity (Wildman–Crippen MR) is 84.0 cm³/mol. The summed E-state index contributed by atoms with van der Waals surface area (Å²) in [6.07, 6.45) is 1.92. The highest BCUT2D eigenvalue weighted by atomic mass is 32.2. The van der Waals surface area contributed by atoms with Crippen molar-refractivity contribution >= 4 is 15.9 Å². The minimum Gasteiger partial charge on any atom is -0.473 e. The van der Waals surface area contributed by atoms with Crippen molar-refractivity contribution in [1.29, 1.82) is 0 Å². The molecule has 2 rings (SSSR count). The van der Waals surface area contributed by atoms with Crippen molar-refractivity contribution in [3.8, 4) is 5.88 Å². The molecule has 1 aromatic heterocycles. The van der Waals surface area contributed by atoms with Gasteiger partial charge in [-0.3, -0.25) is 4.79 Å². The maximum Gasteiger partial charge on any atom is 0.244 e. The standard InChI is InChI=1S/C14H19FN4O4S/c15-5-10(6-16)9-23-13-2-1-12(7-18-13)24(21,22)19-4-3-11(8-19)14(17)20/h1-2,5,7,11H,3-4,6,8-9,16H2,(H2,17,20)/t11-/m1/s1. The number of pyridine rings is 1. The van der Waals surface area contributed by atoms with Crippen LogP contribution in [0.5, 0.6) is 5.88 Å². The predicted octanol–water partition coefficient (Wildman–Crippen LogP) is -0.232. The van der Waals surface area contributed by atoms with Gasteiger partial charge >= 0.3 is 0 Å². The van der Waals surface area contributed by atoms with Gasteiger partial charge in [0.2, 0.25) is 21.8 Å². The van der Waals surface area contributed by atoms with Gasteiger partial charge < -0.3 is 16.2 Å². The first-order valence-electron chi connectivity index (χ1n) is 7.25. The van der Waals surface area contributed by atoms with Crippen LogP contribution >= 0.6 is 0 Å². The molecule has 1 aromatic rings.